The normalized spacial score (nSPS) is 12.7. The van der Waals surface area contributed by atoms with Crippen LogP contribution in [0.15, 0.2) is 30.3 Å². The number of hydrogen-bond acceptors (Lipinski definition) is 2. The lowest BCUT2D eigenvalue weighted by molar-refractivity contribution is 0.191. The van der Waals surface area contributed by atoms with Gasteiger partial charge in [0.1, 0.15) is 0 Å². The lowest BCUT2D eigenvalue weighted by Crippen LogP contribution is -2.12. The minimum Gasteiger partial charge on any atom is -0.385 e. The summed E-state index contributed by atoms with van der Waals surface area (Å²) in [6.45, 7) is 1.59. The zero-order chi connectivity index (χ0) is 10.9. The van der Waals surface area contributed by atoms with Crippen LogP contribution in [0.1, 0.15) is 30.7 Å². The highest BCUT2D eigenvalue weighted by molar-refractivity contribution is 5.19. The van der Waals surface area contributed by atoms with Gasteiger partial charge in [-0.1, -0.05) is 36.8 Å². The van der Waals surface area contributed by atoms with E-state index in [9.17, 15) is 0 Å². The summed E-state index contributed by atoms with van der Waals surface area (Å²) in [5, 5.41) is 0. The van der Waals surface area contributed by atoms with Crippen LogP contribution in [0, 0.1) is 0 Å². The minimum absolute atomic E-state index is 0.503. The molecule has 84 valence electrons. The van der Waals surface area contributed by atoms with Crippen molar-refractivity contribution in [3.8, 4) is 0 Å². The molecule has 0 radical (unpaired) electrons. The van der Waals surface area contributed by atoms with E-state index < -0.39 is 0 Å². The van der Waals surface area contributed by atoms with Gasteiger partial charge in [0.2, 0.25) is 0 Å². The van der Waals surface area contributed by atoms with Gasteiger partial charge in [-0.15, -0.1) is 0 Å². The first-order valence-electron chi connectivity index (χ1n) is 5.62. The molecule has 0 spiro atoms. The van der Waals surface area contributed by atoms with Gasteiger partial charge in [0.05, 0.1) is 0 Å². The minimum atomic E-state index is 0.503. The molecule has 0 heterocycles. The largest absolute Gasteiger partial charge is 0.385 e. The topological polar surface area (TPSA) is 35.2 Å². The Morgan fingerprint density at radius 3 is 2.53 bits per heavy atom. The average Bonchev–Trinajstić information content (AvgIpc) is 2.30. The van der Waals surface area contributed by atoms with E-state index in [0.717, 1.165) is 26.0 Å². The number of hydrogen-bond donors (Lipinski definition) is 1. The lowest BCUT2D eigenvalue weighted by Gasteiger charge is -2.14. The van der Waals surface area contributed by atoms with Gasteiger partial charge in [-0.25, -0.2) is 0 Å². The first-order chi connectivity index (χ1) is 7.38. The maximum absolute atomic E-state index is 5.79. The van der Waals surface area contributed by atoms with Crippen LogP contribution in [0.25, 0.3) is 0 Å². The molecule has 1 unspecified atom stereocenters. The number of methoxy groups -OCH3 is 1. The Morgan fingerprint density at radius 1 is 1.20 bits per heavy atom. The van der Waals surface area contributed by atoms with Gasteiger partial charge in [0, 0.05) is 13.7 Å². The zero-order valence-electron chi connectivity index (χ0n) is 9.49. The number of ether oxygens (including phenoxy) is 1. The Balaban J connectivity index is 2.36. The van der Waals surface area contributed by atoms with Crippen molar-refractivity contribution in [1.29, 1.82) is 0 Å². The van der Waals surface area contributed by atoms with Crippen LogP contribution in [0.5, 0.6) is 0 Å². The molecule has 0 aliphatic heterocycles. The van der Waals surface area contributed by atoms with Crippen LogP contribution < -0.4 is 5.73 Å². The summed E-state index contributed by atoms with van der Waals surface area (Å²) in [6, 6.07) is 10.5. The quantitative estimate of drug-likeness (QED) is 0.697. The summed E-state index contributed by atoms with van der Waals surface area (Å²) in [4.78, 5) is 0. The molecule has 1 aromatic carbocycles. The fraction of sp³-hybridized carbons (Fsp3) is 0.538. The summed E-state index contributed by atoms with van der Waals surface area (Å²) in [6.07, 6.45) is 3.47. The molecule has 0 aliphatic rings. The number of benzene rings is 1. The molecular formula is C13H21NO. The smallest absolute Gasteiger partial charge is 0.0462 e. The van der Waals surface area contributed by atoms with Crippen LogP contribution in [0.4, 0.5) is 0 Å². The maximum atomic E-state index is 5.79. The van der Waals surface area contributed by atoms with Gasteiger partial charge in [-0.2, -0.15) is 0 Å². The molecule has 0 amide bonds. The second kappa shape index (κ2) is 7.43. The standard InChI is InChI=1S/C13H21NO/c1-15-10-6-5-9-13(11-14)12-7-3-2-4-8-12/h2-4,7-8,13H,5-6,9-11,14H2,1H3. The summed E-state index contributed by atoms with van der Waals surface area (Å²) in [5.74, 6) is 0.503. The van der Waals surface area contributed by atoms with Crippen molar-refractivity contribution in [2.75, 3.05) is 20.3 Å². The van der Waals surface area contributed by atoms with Gasteiger partial charge in [-0.05, 0) is 30.9 Å². The molecule has 0 bridgehead atoms. The molecule has 0 saturated heterocycles. The molecule has 2 nitrogen and oxygen atoms in total. The van der Waals surface area contributed by atoms with E-state index in [1.54, 1.807) is 7.11 Å². The number of nitrogens with two attached hydrogens (primary N) is 1. The summed E-state index contributed by atoms with van der Waals surface area (Å²) in [7, 11) is 1.75. The Hall–Kier alpha value is -0.860. The second-order valence-electron chi connectivity index (χ2n) is 3.83. The van der Waals surface area contributed by atoms with E-state index in [2.05, 4.69) is 24.3 Å². The summed E-state index contributed by atoms with van der Waals surface area (Å²) < 4.78 is 5.03. The van der Waals surface area contributed by atoms with Gasteiger partial charge in [0.25, 0.3) is 0 Å². The van der Waals surface area contributed by atoms with E-state index in [-0.39, 0.29) is 0 Å². The highest BCUT2D eigenvalue weighted by Crippen LogP contribution is 2.20. The Morgan fingerprint density at radius 2 is 1.93 bits per heavy atom. The van der Waals surface area contributed by atoms with E-state index in [1.807, 2.05) is 6.07 Å². The van der Waals surface area contributed by atoms with Crippen molar-refractivity contribution in [1.82, 2.24) is 0 Å². The molecule has 15 heavy (non-hydrogen) atoms. The Labute approximate surface area is 92.4 Å². The monoisotopic (exact) mass is 207 g/mol. The van der Waals surface area contributed by atoms with E-state index in [4.69, 9.17) is 10.5 Å². The van der Waals surface area contributed by atoms with Crippen molar-refractivity contribution in [3.63, 3.8) is 0 Å². The van der Waals surface area contributed by atoms with Crippen LogP contribution >= 0.6 is 0 Å². The molecule has 0 saturated carbocycles. The first kappa shape index (κ1) is 12.2. The summed E-state index contributed by atoms with van der Waals surface area (Å²) in [5.41, 5.74) is 7.15. The van der Waals surface area contributed by atoms with Crippen molar-refractivity contribution < 1.29 is 4.74 Å². The Bertz CT molecular complexity index is 248. The zero-order valence-corrected chi connectivity index (χ0v) is 9.49. The average molecular weight is 207 g/mol. The molecule has 1 atom stereocenters. The third kappa shape index (κ3) is 4.45. The lowest BCUT2D eigenvalue weighted by atomic mass is 9.94. The fourth-order valence-electron chi connectivity index (χ4n) is 1.78. The van der Waals surface area contributed by atoms with Gasteiger partial charge >= 0.3 is 0 Å². The van der Waals surface area contributed by atoms with E-state index in [1.165, 1.54) is 12.0 Å². The predicted molar refractivity (Wildman–Crippen MR) is 64.0 cm³/mol. The van der Waals surface area contributed by atoms with Crippen LogP contribution in [-0.2, 0) is 4.74 Å². The van der Waals surface area contributed by atoms with E-state index >= 15 is 0 Å². The van der Waals surface area contributed by atoms with Crippen molar-refractivity contribution in [2.24, 2.45) is 5.73 Å². The first-order valence-corrected chi connectivity index (χ1v) is 5.62. The number of rotatable bonds is 7. The SMILES string of the molecule is COCCCCC(CN)c1ccccc1. The molecular weight excluding hydrogens is 186 g/mol. The predicted octanol–water partition coefficient (Wildman–Crippen LogP) is 2.55. The molecule has 1 aromatic rings. The molecule has 0 fully saturated rings. The highest BCUT2D eigenvalue weighted by Gasteiger charge is 2.08. The van der Waals surface area contributed by atoms with Crippen molar-refractivity contribution in [3.05, 3.63) is 35.9 Å². The molecule has 0 aliphatic carbocycles. The maximum Gasteiger partial charge on any atom is 0.0462 e. The third-order valence-electron chi connectivity index (χ3n) is 2.71. The van der Waals surface area contributed by atoms with E-state index in [0.29, 0.717) is 5.92 Å². The Kier molecular flexibility index (Phi) is 6.05. The van der Waals surface area contributed by atoms with Gasteiger partial charge in [0.15, 0.2) is 0 Å². The molecule has 2 heteroatoms. The van der Waals surface area contributed by atoms with Gasteiger partial charge in [-0.3, -0.25) is 0 Å². The highest BCUT2D eigenvalue weighted by atomic mass is 16.5. The van der Waals surface area contributed by atoms with Crippen LogP contribution in [0.2, 0.25) is 0 Å². The van der Waals surface area contributed by atoms with Crippen molar-refractivity contribution >= 4 is 0 Å². The van der Waals surface area contributed by atoms with Crippen molar-refractivity contribution in [2.45, 2.75) is 25.2 Å². The number of unbranched alkanes of at least 4 members (excludes halogenated alkanes) is 1. The second-order valence-corrected chi connectivity index (χ2v) is 3.83. The van der Waals surface area contributed by atoms with Gasteiger partial charge < -0.3 is 10.5 Å². The van der Waals surface area contributed by atoms with Crippen LogP contribution in [-0.4, -0.2) is 20.3 Å². The molecule has 0 aromatic heterocycles. The van der Waals surface area contributed by atoms with Crippen LogP contribution in [0.3, 0.4) is 0 Å². The third-order valence-corrected chi connectivity index (χ3v) is 2.71. The summed E-state index contributed by atoms with van der Waals surface area (Å²) >= 11 is 0. The fourth-order valence-corrected chi connectivity index (χ4v) is 1.78. The molecule has 1 rings (SSSR count). The molecule has 2 N–H and O–H groups in total.